The van der Waals surface area contributed by atoms with Crippen molar-refractivity contribution in [2.75, 3.05) is 11.5 Å². The number of carbonyl (C=O) groups is 1. The normalized spacial score (nSPS) is 29.9. The predicted molar refractivity (Wildman–Crippen MR) is 76.1 cm³/mol. The number of carbonyl (C=O) groups excluding carboxylic acids is 1. The van der Waals surface area contributed by atoms with Crippen LogP contribution in [0.2, 0.25) is 0 Å². The number of para-hydroxylation sites is 2. The standard InChI is InChI=1S/C14H17NO5S/c1-9-13(20-12-5-3-2-4-11(12)19-9)14(16)15-10-6-7-21(17,18)8-10/h2-5,9-10,13H,6-8H2,1H3,(H,15,16)/t9-,10-,13+/m0/s1. The summed E-state index contributed by atoms with van der Waals surface area (Å²) in [5, 5.41) is 2.74. The SMILES string of the molecule is C[C@@H]1Oc2ccccc2O[C@H]1C(=O)N[C@H]1CCS(=O)(=O)C1. The summed E-state index contributed by atoms with van der Waals surface area (Å²) in [7, 11) is -3.02. The lowest BCUT2D eigenvalue weighted by Crippen LogP contribution is -2.51. The molecule has 0 unspecified atom stereocenters. The van der Waals surface area contributed by atoms with Crippen LogP contribution in [0, 0.1) is 0 Å². The molecule has 3 atom stereocenters. The molecule has 114 valence electrons. The van der Waals surface area contributed by atoms with E-state index in [4.69, 9.17) is 9.47 Å². The average molecular weight is 311 g/mol. The lowest BCUT2D eigenvalue weighted by Gasteiger charge is -2.31. The van der Waals surface area contributed by atoms with Gasteiger partial charge >= 0.3 is 0 Å². The van der Waals surface area contributed by atoms with Gasteiger partial charge in [0.25, 0.3) is 5.91 Å². The zero-order chi connectivity index (χ0) is 15.0. The summed E-state index contributed by atoms with van der Waals surface area (Å²) in [6, 6.07) is 6.82. The van der Waals surface area contributed by atoms with Crippen LogP contribution in [0.1, 0.15) is 13.3 Å². The largest absolute Gasteiger partial charge is 0.482 e. The number of fused-ring (bicyclic) bond motifs is 1. The molecule has 21 heavy (non-hydrogen) atoms. The van der Waals surface area contributed by atoms with Crippen molar-refractivity contribution in [1.82, 2.24) is 5.32 Å². The predicted octanol–water partition coefficient (Wildman–Crippen LogP) is 0.518. The first-order chi connectivity index (χ1) is 9.94. The Hall–Kier alpha value is -1.76. The van der Waals surface area contributed by atoms with E-state index >= 15 is 0 Å². The number of rotatable bonds is 2. The van der Waals surface area contributed by atoms with Gasteiger partial charge in [0.05, 0.1) is 11.5 Å². The highest BCUT2D eigenvalue weighted by atomic mass is 32.2. The molecule has 3 rings (SSSR count). The Morgan fingerprint density at radius 2 is 1.90 bits per heavy atom. The zero-order valence-electron chi connectivity index (χ0n) is 11.6. The highest BCUT2D eigenvalue weighted by molar-refractivity contribution is 7.91. The van der Waals surface area contributed by atoms with Gasteiger partial charge in [-0.2, -0.15) is 0 Å². The second-order valence-electron chi connectivity index (χ2n) is 5.42. The molecule has 7 heteroatoms. The topological polar surface area (TPSA) is 81.7 Å². The molecular formula is C14H17NO5S. The molecule has 0 saturated carbocycles. The van der Waals surface area contributed by atoms with Gasteiger partial charge in [-0.05, 0) is 25.5 Å². The fourth-order valence-corrected chi connectivity index (χ4v) is 4.27. The van der Waals surface area contributed by atoms with Gasteiger partial charge in [-0.1, -0.05) is 12.1 Å². The van der Waals surface area contributed by atoms with Crippen molar-refractivity contribution < 1.29 is 22.7 Å². The van der Waals surface area contributed by atoms with Crippen LogP contribution in [0.5, 0.6) is 11.5 Å². The Balaban J connectivity index is 1.68. The molecule has 2 heterocycles. The third-order valence-electron chi connectivity index (χ3n) is 3.68. The maximum Gasteiger partial charge on any atom is 0.265 e. The Bertz CT molecular complexity index is 657. The Kier molecular flexibility index (Phi) is 3.52. The molecule has 0 aliphatic carbocycles. The number of hydrogen-bond donors (Lipinski definition) is 1. The van der Waals surface area contributed by atoms with Crippen LogP contribution in [-0.2, 0) is 14.6 Å². The van der Waals surface area contributed by atoms with Gasteiger partial charge in [-0.25, -0.2) is 8.42 Å². The van der Waals surface area contributed by atoms with Crippen LogP contribution in [0.25, 0.3) is 0 Å². The molecule has 0 aromatic heterocycles. The first-order valence-electron chi connectivity index (χ1n) is 6.88. The third-order valence-corrected chi connectivity index (χ3v) is 5.45. The lowest BCUT2D eigenvalue weighted by atomic mass is 10.1. The van der Waals surface area contributed by atoms with E-state index in [-0.39, 0.29) is 23.5 Å². The van der Waals surface area contributed by atoms with Crippen LogP contribution in [0.15, 0.2) is 24.3 Å². The van der Waals surface area contributed by atoms with Crippen molar-refractivity contribution in [2.45, 2.75) is 31.6 Å². The number of benzene rings is 1. The molecule has 0 spiro atoms. The van der Waals surface area contributed by atoms with Gasteiger partial charge < -0.3 is 14.8 Å². The van der Waals surface area contributed by atoms with Crippen molar-refractivity contribution in [3.05, 3.63) is 24.3 Å². The van der Waals surface area contributed by atoms with Crippen LogP contribution < -0.4 is 14.8 Å². The Morgan fingerprint density at radius 3 is 2.52 bits per heavy atom. The Labute approximate surface area is 123 Å². The number of ether oxygens (including phenoxy) is 2. The maximum absolute atomic E-state index is 12.3. The fourth-order valence-electron chi connectivity index (χ4n) is 2.60. The monoisotopic (exact) mass is 311 g/mol. The second-order valence-corrected chi connectivity index (χ2v) is 7.65. The Morgan fingerprint density at radius 1 is 1.24 bits per heavy atom. The molecule has 6 nitrogen and oxygen atoms in total. The zero-order valence-corrected chi connectivity index (χ0v) is 12.4. The van der Waals surface area contributed by atoms with Crippen molar-refractivity contribution in [1.29, 1.82) is 0 Å². The molecule has 0 bridgehead atoms. The van der Waals surface area contributed by atoms with Gasteiger partial charge in [0.1, 0.15) is 6.10 Å². The minimum Gasteiger partial charge on any atom is -0.482 e. The van der Waals surface area contributed by atoms with E-state index in [1.54, 1.807) is 25.1 Å². The smallest absolute Gasteiger partial charge is 0.265 e. The minimum absolute atomic E-state index is 0.00269. The molecular weight excluding hydrogens is 294 g/mol. The van der Waals surface area contributed by atoms with Gasteiger partial charge in [0.2, 0.25) is 6.10 Å². The summed E-state index contributed by atoms with van der Waals surface area (Å²) >= 11 is 0. The van der Waals surface area contributed by atoms with E-state index in [9.17, 15) is 13.2 Å². The maximum atomic E-state index is 12.3. The second kappa shape index (κ2) is 5.22. The van der Waals surface area contributed by atoms with Gasteiger partial charge in [-0.3, -0.25) is 4.79 Å². The molecule has 1 aromatic carbocycles. The molecule has 1 fully saturated rings. The summed E-state index contributed by atoms with van der Waals surface area (Å²) in [6.45, 7) is 1.76. The molecule has 1 saturated heterocycles. The van der Waals surface area contributed by atoms with Crippen molar-refractivity contribution in [3.8, 4) is 11.5 Å². The van der Waals surface area contributed by atoms with Gasteiger partial charge in [0.15, 0.2) is 21.3 Å². The van der Waals surface area contributed by atoms with Crippen LogP contribution in [-0.4, -0.2) is 44.1 Å². The van der Waals surface area contributed by atoms with E-state index in [2.05, 4.69) is 5.32 Å². The van der Waals surface area contributed by atoms with Crippen molar-refractivity contribution in [3.63, 3.8) is 0 Å². The third kappa shape index (κ3) is 2.97. The fraction of sp³-hybridized carbons (Fsp3) is 0.500. The van der Waals surface area contributed by atoms with E-state index in [0.717, 1.165) is 0 Å². The van der Waals surface area contributed by atoms with Crippen LogP contribution in [0.4, 0.5) is 0 Å². The summed E-state index contributed by atoms with van der Waals surface area (Å²) < 4.78 is 34.2. The summed E-state index contributed by atoms with van der Waals surface area (Å²) in [5.41, 5.74) is 0. The first kappa shape index (κ1) is 14.2. The molecule has 0 radical (unpaired) electrons. The van der Waals surface area contributed by atoms with Crippen molar-refractivity contribution in [2.24, 2.45) is 0 Å². The molecule has 2 aliphatic heterocycles. The highest BCUT2D eigenvalue weighted by Gasteiger charge is 2.37. The van der Waals surface area contributed by atoms with Crippen LogP contribution in [0.3, 0.4) is 0 Å². The minimum atomic E-state index is -3.02. The summed E-state index contributed by atoms with van der Waals surface area (Å²) in [6.07, 6.45) is -0.756. The van der Waals surface area contributed by atoms with E-state index in [1.165, 1.54) is 0 Å². The first-order valence-corrected chi connectivity index (χ1v) is 8.70. The van der Waals surface area contributed by atoms with E-state index in [1.807, 2.05) is 6.07 Å². The molecule has 2 aliphatic rings. The molecule has 1 amide bonds. The van der Waals surface area contributed by atoms with Gasteiger partial charge in [-0.15, -0.1) is 0 Å². The number of sulfone groups is 1. The summed E-state index contributed by atoms with van der Waals surface area (Å²) in [4.78, 5) is 12.3. The molecule has 1 aromatic rings. The average Bonchev–Trinajstić information content (AvgIpc) is 2.77. The van der Waals surface area contributed by atoms with Gasteiger partial charge in [0, 0.05) is 6.04 Å². The number of amides is 1. The highest BCUT2D eigenvalue weighted by Crippen LogP contribution is 2.33. The number of hydrogen-bond acceptors (Lipinski definition) is 5. The van der Waals surface area contributed by atoms with Crippen LogP contribution >= 0.6 is 0 Å². The van der Waals surface area contributed by atoms with E-state index < -0.39 is 22.0 Å². The van der Waals surface area contributed by atoms with E-state index in [0.29, 0.717) is 17.9 Å². The number of nitrogens with one attached hydrogen (secondary N) is 1. The van der Waals surface area contributed by atoms with Crippen molar-refractivity contribution >= 4 is 15.7 Å². The quantitative estimate of drug-likeness (QED) is 0.861. The lowest BCUT2D eigenvalue weighted by molar-refractivity contribution is -0.134. The molecule has 1 N–H and O–H groups in total. The summed E-state index contributed by atoms with van der Waals surface area (Å²) in [5.74, 6) is 0.918.